The minimum atomic E-state index is -4.35. The van der Waals surface area contributed by atoms with E-state index < -0.39 is 41.1 Å². The summed E-state index contributed by atoms with van der Waals surface area (Å²) in [4.78, 5) is 10.5. The van der Waals surface area contributed by atoms with Crippen molar-refractivity contribution in [1.29, 1.82) is 0 Å². The van der Waals surface area contributed by atoms with Crippen LogP contribution in [0, 0.1) is 12.3 Å². The molecule has 1 spiro atoms. The molecule has 40 heavy (non-hydrogen) atoms. The van der Waals surface area contributed by atoms with Gasteiger partial charge in [0.05, 0.1) is 36.3 Å². The minimum absolute atomic E-state index is 0.155. The molecule has 5 rings (SSSR count). The van der Waals surface area contributed by atoms with Crippen LogP contribution in [0.3, 0.4) is 0 Å². The number of nitrogens with zero attached hydrogens (tertiary/aromatic N) is 5. The van der Waals surface area contributed by atoms with E-state index in [0.717, 1.165) is 31.6 Å². The van der Waals surface area contributed by atoms with Gasteiger partial charge >= 0.3 is 12.2 Å². The number of piperidine rings is 1. The summed E-state index contributed by atoms with van der Waals surface area (Å²) in [6.07, 6.45) is 2.39. The molecule has 0 amide bonds. The third-order valence-electron chi connectivity index (χ3n) is 7.63. The van der Waals surface area contributed by atoms with E-state index in [-0.39, 0.29) is 6.01 Å². The second kappa shape index (κ2) is 10.6. The highest BCUT2D eigenvalue weighted by Gasteiger charge is 2.44. The van der Waals surface area contributed by atoms with Gasteiger partial charge in [0, 0.05) is 30.5 Å². The Morgan fingerprint density at radius 2 is 1.85 bits per heavy atom. The van der Waals surface area contributed by atoms with Crippen LogP contribution in [0.5, 0.6) is 6.01 Å². The fourth-order valence-electron chi connectivity index (χ4n) is 5.08. The van der Waals surface area contributed by atoms with E-state index in [1.165, 1.54) is 12.8 Å². The number of hydrogen-bond donors (Lipinski definition) is 2. The van der Waals surface area contributed by atoms with Gasteiger partial charge < -0.3 is 14.7 Å². The first-order valence-electron chi connectivity index (χ1n) is 13.0. The van der Waals surface area contributed by atoms with Gasteiger partial charge in [-0.15, -0.1) is 0 Å². The number of alkyl halides is 3. The van der Waals surface area contributed by atoms with Crippen LogP contribution < -0.4 is 14.8 Å². The topological polar surface area (TPSA) is 136 Å². The first-order chi connectivity index (χ1) is 18.9. The first-order valence-corrected chi connectivity index (χ1v) is 14.6. The smallest absolute Gasteiger partial charge is 0.392 e. The summed E-state index contributed by atoms with van der Waals surface area (Å²) in [5, 5.41) is 18.4. The molecule has 1 aromatic carbocycles. The second-order valence-electron chi connectivity index (χ2n) is 10.6. The molecule has 3 heterocycles. The van der Waals surface area contributed by atoms with Crippen molar-refractivity contribution in [3.05, 3.63) is 47.9 Å². The SMILES string of the molecule is Cc1cc(-c2cnn(-c3ccc(C(CO)S(N)(=O)=O)cc3N3CCC4(CC3)CC4)c2)nc(OCCC(F)(F)F)n1. The number of aromatic nitrogens is 4. The quantitative estimate of drug-likeness (QED) is 0.391. The van der Waals surface area contributed by atoms with Crippen LogP contribution in [0.15, 0.2) is 36.7 Å². The van der Waals surface area contributed by atoms with Crippen LogP contribution in [0.2, 0.25) is 0 Å². The standard InChI is InChI=1S/C26H31F3N6O4S/c1-17-12-20(33-24(32-17)39-11-8-26(27,28)29)19-14-31-35(15-19)21-3-2-18(23(16-36)40(30,37)38)13-22(21)34-9-6-25(4-5-25)7-10-34/h2-3,12-15,23,36H,4-11,16H2,1H3,(H2,30,37,38). The molecule has 1 saturated heterocycles. The maximum Gasteiger partial charge on any atom is 0.392 e. The lowest BCUT2D eigenvalue weighted by atomic mass is 9.93. The molecule has 2 aromatic heterocycles. The number of sulfonamides is 1. The molecular weight excluding hydrogens is 549 g/mol. The highest BCUT2D eigenvalue weighted by Crippen LogP contribution is 2.54. The molecule has 2 fully saturated rings. The normalized spacial score (nSPS) is 17.7. The Bertz CT molecular complexity index is 1480. The van der Waals surface area contributed by atoms with E-state index >= 15 is 0 Å². The molecule has 14 heteroatoms. The van der Waals surface area contributed by atoms with Crippen LogP contribution >= 0.6 is 0 Å². The van der Waals surface area contributed by atoms with Crippen molar-refractivity contribution >= 4 is 15.7 Å². The van der Waals surface area contributed by atoms with Gasteiger partial charge in [-0.3, -0.25) is 0 Å². The number of aliphatic hydroxyl groups is 1. The number of ether oxygens (including phenoxy) is 1. The molecule has 1 aliphatic carbocycles. The summed E-state index contributed by atoms with van der Waals surface area (Å²) in [5.74, 6) is 0. The summed E-state index contributed by atoms with van der Waals surface area (Å²) in [7, 11) is -4.04. The zero-order valence-corrected chi connectivity index (χ0v) is 22.7. The average Bonchev–Trinajstić information content (AvgIpc) is 3.43. The molecule has 0 bridgehead atoms. The molecule has 1 saturated carbocycles. The molecule has 1 atom stereocenters. The van der Waals surface area contributed by atoms with Crippen molar-refractivity contribution in [3.8, 4) is 23.0 Å². The van der Waals surface area contributed by atoms with Crippen LogP contribution in [-0.4, -0.2) is 65.8 Å². The molecule has 3 N–H and O–H groups in total. The van der Waals surface area contributed by atoms with Crippen LogP contribution in [0.4, 0.5) is 18.9 Å². The molecule has 216 valence electrons. The van der Waals surface area contributed by atoms with E-state index in [1.807, 2.05) is 0 Å². The molecule has 10 nitrogen and oxygen atoms in total. The molecule has 3 aromatic rings. The monoisotopic (exact) mass is 580 g/mol. The molecule has 0 radical (unpaired) electrons. The summed E-state index contributed by atoms with van der Waals surface area (Å²) >= 11 is 0. The van der Waals surface area contributed by atoms with Gasteiger partial charge in [0.25, 0.3) is 0 Å². The molecule has 2 aliphatic rings. The number of aryl methyl sites for hydroxylation is 1. The Morgan fingerprint density at radius 1 is 1.12 bits per heavy atom. The third-order valence-corrected chi connectivity index (χ3v) is 8.85. The lowest BCUT2D eigenvalue weighted by Crippen LogP contribution is -2.35. The van der Waals surface area contributed by atoms with E-state index in [4.69, 9.17) is 9.88 Å². The van der Waals surface area contributed by atoms with Gasteiger partial charge in [0.2, 0.25) is 10.0 Å². The van der Waals surface area contributed by atoms with Crippen LogP contribution in [0.25, 0.3) is 16.9 Å². The van der Waals surface area contributed by atoms with E-state index in [0.29, 0.717) is 33.6 Å². The van der Waals surface area contributed by atoms with E-state index in [1.54, 1.807) is 48.3 Å². The molecule has 1 aliphatic heterocycles. The summed E-state index contributed by atoms with van der Waals surface area (Å²) < 4.78 is 68.6. The highest BCUT2D eigenvalue weighted by atomic mass is 32.2. The van der Waals surface area contributed by atoms with Gasteiger partial charge in [0.1, 0.15) is 11.9 Å². The molecular formula is C26H31F3N6O4S. The Labute approximate surface area is 230 Å². The average molecular weight is 581 g/mol. The number of nitrogens with two attached hydrogens (primary N) is 1. The van der Waals surface area contributed by atoms with Gasteiger partial charge in [0.15, 0.2) is 0 Å². The van der Waals surface area contributed by atoms with Gasteiger partial charge in [-0.25, -0.2) is 23.2 Å². The zero-order chi connectivity index (χ0) is 28.7. The first kappa shape index (κ1) is 28.3. The predicted molar refractivity (Wildman–Crippen MR) is 142 cm³/mol. The number of aliphatic hydroxyl groups excluding tert-OH is 1. The van der Waals surface area contributed by atoms with Crippen molar-refractivity contribution in [2.75, 3.05) is 31.2 Å². The van der Waals surface area contributed by atoms with Crippen molar-refractivity contribution in [2.45, 2.75) is 50.5 Å². The number of rotatable bonds is 9. The van der Waals surface area contributed by atoms with Gasteiger partial charge in [-0.1, -0.05) is 6.07 Å². The maximum atomic E-state index is 12.5. The van der Waals surface area contributed by atoms with E-state index in [9.17, 15) is 26.7 Å². The fraction of sp³-hybridized carbons (Fsp3) is 0.500. The fourth-order valence-corrected chi connectivity index (χ4v) is 5.82. The maximum absolute atomic E-state index is 12.5. The summed E-state index contributed by atoms with van der Waals surface area (Å²) in [5.41, 5.74) is 3.81. The third kappa shape index (κ3) is 6.39. The Morgan fingerprint density at radius 3 is 2.48 bits per heavy atom. The Hall–Kier alpha value is -3.23. The lowest BCUT2D eigenvalue weighted by Gasteiger charge is -2.35. The second-order valence-corrected chi connectivity index (χ2v) is 12.3. The largest absolute Gasteiger partial charge is 0.463 e. The lowest BCUT2D eigenvalue weighted by molar-refractivity contribution is -0.139. The van der Waals surface area contributed by atoms with E-state index in [2.05, 4.69) is 20.0 Å². The zero-order valence-electron chi connectivity index (χ0n) is 21.9. The Balaban J connectivity index is 1.46. The van der Waals surface area contributed by atoms with Crippen molar-refractivity contribution in [1.82, 2.24) is 19.7 Å². The van der Waals surface area contributed by atoms with Gasteiger partial charge in [-0.2, -0.15) is 23.3 Å². The predicted octanol–water partition coefficient (Wildman–Crippen LogP) is 3.67. The summed E-state index contributed by atoms with van der Waals surface area (Å²) in [6.45, 7) is 2.05. The van der Waals surface area contributed by atoms with Crippen molar-refractivity contribution in [2.24, 2.45) is 10.6 Å². The van der Waals surface area contributed by atoms with Crippen LogP contribution in [0.1, 0.15) is 48.6 Å². The summed E-state index contributed by atoms with van der Waals surface area (Å²) in [6, 6.07) is 6.62. The number of primary sulfonamides is 1. The van der Waals surface area contributed by atoms with Crippen molar-refractivity contribution in [3.63, 3.8) is 0 Å². The number of benzene rings is 1. The number of anilines is 1. The Kier molecular flexibility index (Phi) is 7.52. The van der Waals surface area contributed by atoms with Crippen molar-refractivity contribution < 1.29 is 31.4 Å². The minimum Gasteiger partial charge on any atom is -0.463 e. The molecule has 1 unspecified atom stereocenters. The van der Waals surface area contributed by atoms with Crippen LogP contribution in [-0.2, 0) is 10.0 Å². The number of halogens is 3. The highest BCUT2D eigenvalue weighted by molar-refractivity contribution is 7.89. The number of hydrogen-bond acceptors (Lipinski definition) is 8. The van der Waals surface area contributed by atoms with Gasteiger partial charge in [-0.05, 0) is 61.8 Å².